The van der Waals surface area contributed by atoms with Gasteiger partial charge >= 0.3 is 5.97 Å². The van der Waals surface area contributed by atoms with E-state index in [0.717, 1.165) is 18.5 Å². The number of carboxylic acid groups (broad SMARTS) is 1. The summed E-state index contributed by atoms with van der Waals surface area (Å²) < 4.78 is 0. The number of pyridine rings is 1. The van der Waals surface area contributed by atoms with Crippen molar-refractivity contribution in [1.29, 1.82) is 0 Å². The van der Waals surface area contributed by atoms with Gasteiger partial charge < -0.3 is 10.4 Å². The number of halogens is 1. The summed E-state index contributed by atoms with van der Waals surface area (Å²) in [5.41, 5.74) is 1.98. The van der Waals surface area contributed by atoms with Crippen LogP contribution in [0, 0.1) is 0 Å². The number of hydrogen-bond donors (Lipinski definition) is 2. The summed E-state index contributed by atoms with van der Waals surface area (Å²) in [6.45, 7) is 2.14. The van der Waals surface area contributed by atoms with Gasteiger partial charge in [-0.1, -0.05) is 37.1 Å². The quantitative estimate of drug-likeness (QED) is 0.869. The maximum atomic E-state index is 11.0. The van der Waals surface area contributed by atoms with E-state index in [0.29, 0.717) is 5.82 Å². The second-order valence-electron chi connectivity index (χ2n) is 4.40. The molecule has 0 atom stereocenters. The Bertz CT molecular complexity index is 612. The maximum absolute atomic E-state index is 11.0. The summed E-state index contributed by atoms with van der Waals surface area (Å²) in [4.78, 5) is 15.0. The van der Waals surface area contributed by atoms with Crippen molar-refractivity contribution >= 4 is 29.1 Å². The zero-order valence-corrected chi connectivity index (χ0v) is 11.8. The number of nitrogens with one attached hydrogen (secondary N) is 1. The minimum atomic E-state index is -1.14. The van der Waals surface area contributed by atoms with Gasteiger partial charge in [0.2, 0.25) is 0 Å². The number of nitrogens with zero attached hydrogens (tertiary/aromatic N) is 1. The molecule has 0 saturated heterocycles. The summed E-state index contributed by atoms with van der Waals surface area (Å²) in [5.74, 6) is -0.688. The second-order valence-corrected chi connectivity index (χ2v) is 4.81. The predicted molar refractivity (Wildman–Crippen MR) is 79.9 cm³/mol. The van der Waals surface area contributed by atoms with Crippen LogP contribution < -0.4 is 5.32 Å². The molecule has 0 aliphatic heterocycles. The number of rotatable bonds is 5. The zero-order chi connectivity index (χ0) is 14.5. The van der Waals surface area contributed by atoms with E-state index in [1.165, 1.54) is 11.6 Å². The molecule has 2 N–H and O–H groups in total. The predicted octanol–water partition coefficient (Wildman–Crippen LogP) is 4.13. The van der Waals surface area contributed by atoms with E-state index in [-0.39, 0.29) is 10.7 Å². The Morgan fingerprint density at radius 3 is 2.55 bits per heavy atom. The van der Waals surface area contributed by atoms with Gasteiger partial charge in [0, 0.05) is 5.69 Å². The van der Waals surface area contributed by atoms with Gasteiger partial charge in [-0.05, 0) is 36.2 Å². The van der Waals surface area contributed by atoms with Crippen LogP contribution in [0.2, 0.25) is 5.02 Å². The molecule has 2 aromatic rings. The van der Waals surface area contributed by atoms with Crippen LogP contribution in [0.3, 0.4) is 0 Å². The molecule has 0 aliphatic carbocycles. The summed E-state index contributed by atoms with van der Waals surface area (Å²) >= 11 is 5.78. The average Bonchev–Trinajstić information content (AvgIpc) is 2.43. The number of aromatic nitrogens is 1. The number of aryl methyl sites for hydroxylation is 1. The van der Waals surface area contributed by atoms with Crippen LogP contribution in [0.15, 0.2) is 36.4 Å². The summed E-state index contributed by atoms with van der Waals surface area (Å²) in [6.07, 6.45) is 2.15. The standard InChI is InChI=1S/C15H15ClN2O2/c1-2-3-10-4-6-11(7-5-10)17-13-9-8-12(16)14(18-13)15(19)20/h4-9H,2-3H2,1H3,(H,17,18)(H,19,20). The van der Waals surface area contributed by atoms with Crippen molar-refractivity contribution in [2.75, 3.05) is 5.32 Å². The van der Waals surface area contributed by atoms with Gasteiger partial charge in [0.15, 0.2) is 5.69 Å². The molecule has 0 aliphatic rings. The minimum Gasteiger partial charge on any atom is -0.476 e. The third-order valence-corrected chi connectivity index (χ3v) is 3.12. The molecular weight excluding hydrogens is 276 g/mol. The van der Waals surface area contributed by atoms with Crippen molar-refractivity contribution in [2.24, 2.45) is 0 Å². The molecule has 104 valence electrons. The van der Waals surface area contributed by atoms with Gasteiger partial charge in [-0.15, -0.1) is 0 Å². The number of hydrogen-bond acceptors (Lipinski definition) is 3. The van der Waals surface area contributed by atoms with Gasteiger partial charge in [0.1, 0.15) is 5.82 Å². The first-order valence-electron chi connectivity index (χ1n) is 6.36. The largest absolute Gasteiger partial charge is 0.476 e. The minimum absolute atomic E-state index is 0.126. The van der Waals surface area contributed by atoms with Gasteiger partial charge in [-0.3, -0.25) is 0 Å². The molecule has 0 saturated carbocycles. The third kappa shape index (κ3) is 3.48. The topological polar surface area (TPSA) is 62.2 Å². The molecular formula is C15H15ClN2O2. The van der Waals surface area contributed by atoms with E-state index < -0.39 is 5.97 Å². The van der Waals surface area contributed by atoms with Crippen LogP contribution in [0.1, 0.15) is 29.4 Å². The van der Waals surface area contributed by atoms with Crippen molar-refractivity contribution in [2.45, 2.75) is 19.8 Å². The van der Waals surface area contributed by atoms with Crippen LogP contribution >= 0.6 is 11.6 Å². The van der Waals surface area contributed by atoms with Crippen molar-refractivity contribution in [1.82, 2.24) is 4.98 Å². The molecule has 1 heterocycles. The molecule has 2 rings (SSSR count). The van der Waals surface area contributed by atoms with E-state index in [1.807, 2.05) is 24.3 Å². The first kappa shape index (κ1) is 14.3. The lowest BCUT2D eigenvalue weighted by molar-refractivity contribution is 0.0691. The summed E-state index contributed by atoms with van der Waals surface area (Å²) in [7, 11) is 0. The Morgan fingerprint density at radius 2 is 1.95 bits per heavy atom. The van der Waals surface area contributed by atoms with E-state index >= 15 is 0 Å². The first-order valence-corrected chi connectivity index (χ1v) is 6.73. The van der Waals surface area contributed by atoms with Crippen LogP contribution in [0.25, 0.3) is 0 Å². The number of carbonyl (C=O) groups is 1. The molecule has 0 spiro atoms. The van der Waals surface area contributed by atoms with E-state index in [4.69, 9.17) is 16.7 Å². The monoisotopic (exact) mass is 290 g/mol. The fraction of sp³-hybridized carbons (Fsp3) is 0.200. The van der Waals surface area contributed by atoms with Crippen molar-refractivity contribution in [3.8, 4) is 0 Å². The van der Waals surface area contributed by atoms with Crippen molar-refractivity contribution in [3.63, 3.8) is 0 Å². The first-order chi connectivity index (χ1) is 9.60. The number of anilines is 2. The number of benzene rings is 1. The number of carboxylic acids is 1. The van der Waals surface area contributed by atoms with Gasteiger partial charge in [0.05, 0.1) is 5.02 Å². The highest BCUT2D eigenvalue weighted by Gasteiger charge is 2.11. The molecule has 5 heteroatoms. The van der Waals surface area contributed by atoms with E-state index in [9.17, 15) is 4.79 Å². The molecule has 0 fully saturated rings. The fourth-order valence-electron chi connectivity index (χ4n) is 1.85. The Labute approximate surface area is 122 Å². The average molecular weight is 291 g/mol. The lowest BCUT2D eigenvalue weighted by atomic mass is 10.1. The molecule has 0 bridgehead atoms. The second kappa shape index (κ2) is 6.39. The highest BCUT2D eigenvalue weighted by molar-refractivity contribution is 6.33. The molecule has 0 unspecified atom stereocenters. The Morgan fingerprint density at radius 1 is 1.25 bits per heavy atom. The Hall–Kier alpha value is -2.07. The molecule has 0 amide bonds. The maximum Gasteiger partial charge on any atom is 0.356 e. The van der Waals surface area contributed by atoms with Crippen molar-refractivity contribution < 1.29 is 9.90 Å². The van der Waals surface area contributed by atoms with Crippen molar-refractivity contribution in [3.05, 3.63) is 52.7 Å². The lowest BCUT2D eigenvalue weighted by Crippen LogP contribution is -2.04. The summed E-state index contributed by atoms with van der Waals surface area (Å²) in [5, 5.41) is 12.2. The lowest BCUT2D eigenvalue weighted by Gasteiger charge is -2.08. The normalized spacial score (nSPS) is 10.3. The highest BCUT2D eigenvalue weighted by Crippen LogP contribution is 2.20. The van der Waals surface area contributed by atoms with Gasteiger partial charge in [-0.2, -0.15) is 0 Å². The molecule has 1 aromatic carbocycles. The third-order valence-electron chi connectivity index (χ3n) is 2.81. The van der Waals surface area contributed by atoms with Crippen LogP contribution in [-0.2, 0) is 6.42 Å². The molecule has 0 radical (unpaired) electrons. The SMILES string of the molecule is CCCc1ccc(Nc2ccc(Cl)c(C(=O)O)n2)cc1. The number of aromatic carboxylic acids is 1. The molecule has 4 nitrogen and oxygen atoms in total. The van der Waals surface area contributed by atoms with Crippen LogP contribution in [-0.4, -0.2) is 16.1 Å². The van der Waals surface area contributed by atoms with E-state index in [2.05, 4.69) is 17.2 Å². The molecule has 1 aromatic heterocycles. The Balaban J connectivity index is 2.17. The van der Waals surface area contributed by atoms with Crippen LogP contribution in [0.4, 0.5) is 11.5 Å². The Kier molecular flexibility index (Phi) is 4.58. The summed E-state index contributed by atoms with van der Waals surface area (Å²) in [6, 6.07) is 11.1. The smallest absolute Gasteiger partial charge is 0.356 e. The molecule has 20 heavy (non-hydrogen) atoms. The zero-order valence-electron chi connectivity index (χ0n) is 11.1. The van der Waals surface area contributed by atoms with Gasteiger partial charge in [0.25, 0.3) is 0 Å². The van der Waals surface area contributed by atoms with Crippen LogP contribution in [0.5, 0.6) is 0 Å². The fourth-order valence-corrected chi connectivity index (χ4v) is 2.04. The van der Waals surface area contributed by atoms with E-state index in [1.54, 1.807) is 6.07 Å². The highest BCUT2D eigenvalue weighted by atomic mass is 35.5. The van der Waals surface area contributed by atoms with Gasteiger partial charge in [-0.25, -0.2) is 9.78 Å².